The molecule has 4 nitrogen and oxygen atoms in total. The van der Waals surface area contributed by atoms with Crippen LogP contribution in [0.1, 0.15) is 17.0 Å². The second kappa shape index (κ2) is 8.01. The maximum Gasteiger partial charge on any atom is 0.123 e. The first-order valence-corrected chi connectivity index (χ1v) is 8.87. The molecule has 0 bridgehead atoms. The van der Waals surface area contributed by atoms with Gasteiger partial charge in [-0.15, -0.1) is 0 Å². The molecule has 0 amide bonds. The maximum absolute atomic E-state index is 12.9. The summed E-state index contributed by atoms with van der Waals surface area (Å²) in [7, 11) is 0. The summed E-state index contributed by atoms with van der Waals surface area (Å²) in [6.07, 6.45) is 0. The summed E-state index contributed by atoms with van der Waals surface area (Å²) in [6, 6.07) is 22.3. The third-order valence-corrected chi connectivity index (χ3v) is 4.28. The molecular weight excluding hydrogens is 341 g/mol. The number of imidazole rings is 1. The van der Waals surface area contributed by atoms with Gasteiger partial charge in [-0.3, -0.25) is 0 Å². The van der Waals surface area contributed by atoms with Gasteiger partial charge in [-0.2, -0.15) is 0 Å². The first-order valence-electron chi connectivity index (χ1n) is 8.87. The Hall–Kier alpha value is -3.18. The van der Waals surface area contributed by atoms with Gasteiger partial charge in [0.15, 0.2) is 0 Å². The number of fused-ring (bicyclic) bond motifs is 1. The Kier molecular flexibility index (Phi) is 5.12. The molecule has 1 aromatic heterocycles. The average molecular weight is 361 g/mol. The smallest absolute Gasteiger partial charge is 0.123 e. The molecule has 0 fully saturated rings. The van der Waals surface area contributed by atoms with E-state index in [2.05, 4.69) is 21.4 Å². The molecule has 4 aromatic rings. The SMILES string of the molecule is Fc1ccc(COc2cccc(CNCc3nc4ccccc4[nH]3)c2)cc1. The number of ether oxygens (including phenoxy) is 1. The number of nitrogens with one attached hydrogen (secondary N) is 2. The molecule has 0 unspecified atom stereocenters. The van der Waals surface area contributed by atoms with Gasteiger partial charge in [0.25, 0.3) is 0 Å². The lowest BCUT2D eigenvalue weighted by atomic mass is 10.2. The van der Waals surface area contributed by atoms with Crippen LogP contribution >= 0.6 is 0 Å². The standard InChI is InChI=1S/C22H20FN3O/c23-18-10-8-16(9-11-18)15-27-19-5-3-4-17(12-19)13-24-14-22-25-20-6-1-2-7-21(20)26-22/h1-12,24H,13-15H2,(H,25,26). The van der Waals surface area contributed by atoms with Gasteiger partial charge in [-0.25, -0.2) is 9.37 Å². The maximum atomic E-state index is 12.9. The number of halogens is 1. The third kappa shape index (κ3) is 4.51. The average Bonchev–Trinajstić information content (AvgIpc) is 3.11. The Labute approximate surface area is 157 Å². The molecule has 3 aromatic carbocycles. The second-order valence-corrected chi connectivity index (χ2v) is 6.37. The Morgan fingerprint density at radius 1 is 0.889 bits per heavy atom. The van der Waals surface area contributed by atoms with E-state index >= 15 is 0 Å². The van der Waals surface area contributed by atoms with Crippen molar-refractivity contribution >= 4 is 11.0 Å². The molecule has 5 heteroatoms. The predicted octanol–water partition coefficient (Wildman–Crippen LogP) is 4.57. The van der Waals surface area contributed by atoms with Crippen molar-refractivity contribution < 1.29 is 9.13 Å². The summed E-state index contributed by atoms with van der Waals surface area (Å²) < 4.78 is 18.8. The highest BCUT2D eigenvalue weighted by atomic mass is 19.1. The zero-order valence-electron chi connectivity index (χ0n) is 14.8. The lowest BCUT2D eigenvalue weighted by Crippen LogP contribution is -2.13. The number of aromatic amines is 1. The highest BCUT2D eigenvalue weighted by molar-refractivity contribution is 5.74. The van der Waals surface area contributed by atoms with Crippen LogP contribution in [0.25, 0.3) is 11.0 Å². The monoisotopic (exact) mass is 361 g/mol. The molecular formula is C22H20FN3O. The molecule has 0 radical (unpaired) electrons. The molecule has 4 rings (SSSR count). The first-order chi connectivity index (χ1) is 13.3. The van der Waals surface area contributed by atoms with E-state index in [0.29, 0.717) is 19.7 Å². The fourth-order valence-corrected chi connectivity index (χ4v) is 2.91. The van der Waals surface area contributed by atoms with Crippen molar-refractivity contribution in [3.05, 3.63) is 95.6 Å². The first kappa shape index (κ1) is 17.2. The van der Waals surface area contributed by atoms with Crippen LogP contribution in [0.15, 0.2) is 72.8 Å². The van der Waals surface area contributed by atoms with E-state index in [0.717, 1.165) is 33.7 Å². The molecule has 0 atom stereocenters. The van der Waals surface area contributed by atoms with Crippen LogP contribution in [-0.2, 0) is 19.7 Å². The highest BCUT2D eigenvalue weighted by Crippen LogP contribution is 2.16. The molecule has 0 saturated carbocycles. The van der Waals surface area contributed by atoms with Crippen molar-refractivity contribution in [1.29, 1.82) is 0 Å². The number of benzene rings is 3. The van der Waals surface area contributed by atoms with Gasteiger partial charge in [-0.05, 0) is 47.5 Å². The molecule has 0 aliphatic carbocycles. The van der Waals surface area contributed by atoms with Gasteiger partial charge in [0.2, 0.25) is 0 Å². The van der Waals surface area contributed by atoms with Crippen LogP contribution in [0.2, 0.25) is 0 Å². The Bertz CT molecular complexity index is 994. The minimum absolute atomic E-state index is 0.240. The molecule has 27 heavy (non-hydrogen) atoms. The summed E-state index contributed by atoms with van der Waals surface area (Å²) >= 11 is 0. The molecule has 2 N–H and O–H groups in total. The van der Waals surface area contributed by atoms with E-state index in [-0.39, 0.29) is 5.82 Å². The molecule has 0 saturated heterocycles. The second-order valence-electron chi connectivity index (χ2n) is 6.37. The molecule has 0 spiro atoms. The normalized spacial score (nSPS) is 11.0. The lowest BCUT2D eigenvalue weighted by Gasteiger charge is -2.09. The highest BCUT2D eigenvalue weighted by Gasteiger charge is 2.03. The molecule has 136 valence electrons. The van der Waals surface area contributed by atoms with E-state index in [4.69, 9.17) is 4.74 Å². The number of hydrogen-bond acceptors (Lipinski definition) is 3. The summed E-state index contributed by atoms with van der Waals surface area (Å²) in [5.74, 6) is 1.47. The minimum atomic E-state index is -0.240. The van der Waals surface area contributed by atoms with E-state index in [9.17, 15) is 4.39 Å². The van der Waals surface area contributed by atoms with Gasteiger partial charge >= 0.3 is 0 Å². The van der Waals surface area contributed by atoms with Crippen LogP contribution in [0.4, 0.5) is 4.39 Å². The number of rotatable bonds is 7. The quantitative estimate of drug-likeness (QED) is 0.507. The largest absolute Gasteiger partial charge is 0.489 e. The summed E-state index contributed by atoms with van der Waals surface area (Å²) in [5, 5.41) is 3.40. The van der Waals surface area contributed by atoms with E-state index in [1.807, 2.05) is 42.5 Å². The van der Waals surface area contributed by atoms with Gasteiger partial charge in [0.05, 0.1) is 17.6 Å². The van der Waals surface area contributed by atoms with Gasteiger partial charge in [-0.1, -0.05) is 36.4 Å². The topological polar surface area (TPSA) is 49.9 Å². The Morgan fingerprint density at radius 3 is 2.59 bits per heavy atom. The molecule has 1 heterocycles. The number of aromatic nitrogens is 2. The fraction of sp³-hybridized carbons (Fsp3) is 0.136. The van der Waals surface area contributed by atoms with Crippen molar-refractivity contribution in [3.63, 3.8) is 0 Å². The zero-order chi connectivity index (χ0) is 18.5. The Balaban J connectivity index is 1.31. The van der Waals surface area contributed by atoms with E-state index < -0.39 is 0 Å². The fourth-order valence-electron chi connectivity index (χ4n) is 2.91. The van der Waals surface area contributed by atoms with Gasteiger partial charge in [0.1, 0.15) is 24.0 Å². The third-order valence-electron chi connectivity index (χ3n) is 4.28. The zero-order valence-corrected chi connectivity index (χ0v) is 14.8. The molecule has 0 aliphatic heterocycles. The van der Waals surface area contributed by atoms with E-state index in [1.54, 1.807) is 12.1 Å². The van der Waals surface area contributed by atoms with Crippen LogP contribution in [0.5, 0.6) is 5.75 Å². The van der Waals surface area contributed by atoms with E-state index in [1.165, 1.54) is 12.1 Å². The Morgan fingerprint density at radius 2 is 1.74 bits per heavy atom. The van der Waals surface area contributed by atoms with Crippen LogP contribution in [0, 0.1) is 5.82 Å². The predicted molar refractivity (Wildman–Crippen MR) is 104 cm³/mol. The number of H-pyrrole nitrogens is 1. The lowest BCUT2D eigenvalue weighted by molar-refractivity contribution is 0.305. The number of nitrogens with zero attached hydrogens (tertiary/aromatic N) is 1. The van der Waals surface area contributed by atoms with Crippen LogP contribution in [-0.4, -0.2) is 9.97 Å². The van der Waals surface area contributed by atoms with Gasteiger partial charge in [0, 0.05) is 6.54 Å². The van der Waals surface area contributed by atoms with Crippen LogP contribution in [0.3, 0.4) is 0 Å². The van der Waals surface area contributed by atoms with Crippen molar-refractivity contribution in [3.8, 4) is 5.75 Å². The summed E-state index contributed by atoms with van der Waals surface area (Å²) in [5.41, 5.74) is 4.09. The van der Waals surface area contributed by atoms with Gasteiger partial charge < -0.3 is 15.0 Å². The van der Waals surface area contributed by atoms with Crippen molar-refractivity contribution in [1.82, 2.24) is 15.3 Å². The summed E-state index contributed by atoms with van der Waals surface area (Å²) in [4.78, 5) is 7.87. The van der Waals surface area contributed by atoms with Crippen molar-refractivity contribution in [2.75, 3.05) is 0 Å². The number of hydrogen-bond donors (Lipinski definition) is 2. The van der Waals surface area contributed by atoms with Crippen molar-refractivity contribution in [2.45, 2.75) is 19.7 Å². The summed E-state index contributed by atoms with van der Waals surface area (Å²) in [6.45, 7) is 1.79. The van der Waals surface area contributed by atoms with Crippen LogP contribution < -0.4 is 10.1 Å². The number of para-hydroxylation sites is 2. The van der Waals surface area contributed by atoms with Crippen molar-refractivity contribution in [2.24, 2.45) is 0 Å². The molecule has 0 aliphatic rings. The minimum Gasteiger partial charge on any atom is -0.489 e.